The van der Waals surface area contributed by atoms with Crippen LogP contribution < -0.4 is 15.0 Å². The molecule has 0 aliphatic carbocycles. The predicted octanol–water partition coefficient (Wildman–Crippen LogP) is 4.94. The quantitative estimate of drug-likeness (QED) is 0.456. The van der Waals surface area contributed by atoms with Gasteiger partial charge in [0.1, 0.15) is 28.6 Å². The van der Waals surface area contributed by atoms with Crippen LogP contribution >= 0.6 is 11.6 Å². The molecule has 2 fully saturated rings. The van der Waals surface area contributed by atoms with E-state index in [1.165, 1.54) is 19.1 Å². The van der Waals surface area contributed by atoms with Gasteiger partial charge in [0.2, 0.25) is 5.91 Å². The lowest BCUT2D eigenvalue weighted by Crippen LogP contribution is -2.63. The third-order valence-corrected chi connectivity index (χ3v) is 8.83. The summed E-state index contributed by atoms with van der Waals surface area (Å²) in [5.74, 6) is -0.0821. The van der Waals surface area contributed by atoms with Gasteiger partial charge in [-0.3, -0.25) is 10.1 Å². The second kappa shape index (κ2) is 12.4. The van der Waals surface area contributed by atoms with Crippen molar-refractivity contribution in [3.05, 3.63) is 46.5 Å². The number of hydrogen-bond donors (Lipinski definition) is 2. The van der Waals surface area contributed by atoms with E-state index < -0.39 is 47.4 Å². The number of epoxide rings is 1. The Morgan fingerprint density at radius 1 is 1.21 bits per heavy atom. The van der Waals surface area contributed by atoms with Crippen LogP contribution in [0.5, 0.6) is 5.75 Å². The van der Waals surface area contributed by atoms with Gasteiger partial charge in [0, 0.05) is 26.5 Å². The summed E-state index contributed by atoms with van der Waals surface area (Å²) >= 11 is 6.72. The summed E-state index contributed by atoms with van der Waals surface area (Å²) < 4.78 is 29.6. The molecule has 43 heavy (non-hydrogen) atoms. The highest BCUT2D eigenvalue weighted by Gasteiger charge is 2.64. The Labute approximate surface area is 259 Å². The molecule has 10 nitrogen and oxygen atoms in total. The molecule has 0 spiro atoms. The number of alkyl carbamates (subject to hydrolysis) is 1. The SMILES string of the molecule is COc1cc2cc(c1Cl)N(C)C(=O)C[C@H](OC(C)(C)C)[C@]1(C)O[C@H]1[C@H](C)[C@@H]1C[C@@](O)(NC(=O)O1)[C@H](OC)/C=C/C=C(\C)C2. The highest BCUT2D eigenvalue weighted by molar-refractivity contribution is 6.35. The van der Waals surface area contributed by atoms with Crippen molar-refractivity contribution in [1.29, 1.82) is 0 Å². The standard InChI is InChI=1S/C32H45ClN2O8/c1-18-11-10-12-24(40-9)32(38)17-23(41-29(37)34-32)19(2)28-31(6,43-28)25(42-30(3,4)5)16-26(36)35(7)21-14-20(13-18)15-22(39-8)27(21)33/h10-12,14-15,19,23-25,28,38H,13,16-17H2,1-9H3,(H,34,37)/b12-10+,18-11+/t19-,23+,24-,25+,28+,31+,32+/m1/s1. The molecule has 3 aliphatic heterocycles. The second-order valence-corrected chi connectivity index (χ2v) is 13.4. The molecule has 0 unspecified atom stereocenters. The molecule has 0 radical (unpaired) electrons. The number of fused-ring (bicyclic) bond motifs is 5. The monoisotopic (exact) mass is 620 g/mol. The van der Waals surface area contributed by atoms with Crippen LogP contribution in [0.25, 0.3) is 0 Å². The Morgan fingerprint density at radius 2 is 1.91 bits per heavy atom. The van der Waals surface area contributed by atoms with E-state index >= 15 is 0 Å². The summed E-state index contributed by atoms with van der Waals surface area (Å²) in [7, 11) is 4.70. The zero-order valence-corrected chi connectivity index (χ0v) is 27.3. The maximum Gasteiger partial charge on any atom is 0.409 e. The lowest BCUT2D eigenvalue weighted by molar-refractivity contribution is -0.142. The van der Waals surface area contributed by atoms with Crippen molar-refractivity contribution >= 4 is 29.3 Å². The molecule has 3 aliphatic rings. The predicted molar refractivity (Wildman–Crippen MR) is 163 cm³/mol. The van der Waals surface area contributed by atoms with Crippen molar-refractivity contribution in [3.63, 3.8) is 0 Å². The van der Waals surface area contributed by atoms with Gasteiger partial charge < -0.3 is 33.7 Å². The van der Waals surface area contributed by atoms with Crippen molar-refractivity contribution in [3.8, 4) is 5.75 Å². The summed E-state index contributed by atoms with van der Waals surface area (Å²) in [6, 6.07) is 3.73. The van der Waals surface area contributed by atoms with Crippen molar-refractivity contribution in [2.45, 2.75) is 102 Å². The van der Waals surface area contributed by atoms with Crippen LogP contribution in [0.15, 0.2) is 35.9 Å². The van der Waals surface area contributed by atoms with Gasteiger partial charge in [0.15, 0.2) is 5.72 Å². The highest BCUT2D eigenvalue weighted by atomic mass is 35.5. The maximum absolute atomic E-state index is 13.8. The molecule has 2 amide bonds. The molecule has 7 atom stereocenters. The van der Waals surface area contributed by atoms with E-state index in [0.717, 1.165) is 11.1 Å². The van der Waals surface area contributed by atoms with Gasteiger partial charge in [-0.15, -0.1) is 0 Å². The minimum atomic E-state index is -1.71. The molecule has 4 bridgehead atoms. The number of methoxy groups -OCH3 is 2. The van der Waals surface area contributed by atoms with Gasteiger partial charge in [-0.25, -0.2) is 4.79 Å². The first-order valence-electron chi connectivity index (χ1n) is 14.6. The number of carbonyl (C=O) groups excluding carboxylic acids is 2. The molecule has 2 saturated heterocycles. The molecule has 1 aromatic carbocycles. The lowest BCUT2D eigenvalue weighted by atomic mass is 9.83. The highest BCUT2D eigenvalue weighted by Crippen LogP contribution is 2.49. The van der Waals surface area contributed by atoms with Gasteiger partial charge in [-0.05, 0) is 58.7 Å². The zero-order chi connectivity index (χ0) is 31.9. The molecule has 0 aromatic heterocycles. The smallest absolute Gasteiger partial charge is 0.409 e. The van der Waals surface area contributed by atoms with Gasteiger partial charge in [0.05, 0.1) is 37.0 Å². The van der Waals surface area contributed by atoms with E-state index in [0.29, 0.717) is 22.9 Å². The van der Waals surface area contributed by atoms with Crippen LogP contribution in [0.1, 0.15) is 59.9 Å². The topological polar surface area (TPSA) is 119 Å². The molecule has 3 heterocycles. The molecule has 2 N–H and O–H groups in total. The Balaban J connectivity index is 1.80. The van der Waals surface area contributed by atoms with Crippen LogP contribution in [0.4, 0.5) is 10.5 Å². The normalized spacial score (nSPS) is 35.7. The third-order valence-electron chi connectivity index (χ3n) is 8.45. The molecule has 11 heteroatoms. The summed E-state index contributed by atoms with van der Waals surface area (Å²) in [5.41, 5.74) is -0.735. The zero-order valence-electron chi connectivity index (χ0n) is 26.5. The van der Waals surface area contributed by atoms with Gasteiger partial charge in [0.25, 0.3) is 0 Å². The van der Waals surface area contributed by atoms with E-state index in [1.54, 1.807) is 19.2 Å². The third kappa shape index (κ3) is 7.20. The summed E-state index contributed by atoms with van der Waals surface area (Å²) in [6.45, 7) is 11.6. The molecule has 1 aromatic rings. The lowest BCUT2D eigenvalue weighted by Gasteiger charge is -2.42. The number of nitrogens with zero attached hydrogens (tertiary/aromatic N) is 1. The van der Waals surface area contributed by atoms with Crippen molar-refractivity contribution in [2.24, 2.45) is 5.92 Å². The average molecular weight is 621 g/mol. The van der Waals surface area contributed by atoms with Crippen LogP contribution in [-0.4, -0.2) is 79.7 Å². The van der Waals surface area contributed by atoms with E-state index in [4.69, 9.17) is 35.3 Å². The molecule has 238 valence electrons. The van der Waals surface area contributed by atoms with Crippen LogP contribution in [0.3, 0.4) is 0 Å². The number of nitrogens with one attached hydrogen (secondary N) is 1. The van der Waals surface area contributed by atoms with Crippen molar-refractivity contribution in [2.75, 3.05) is 26.2 Å². The summed E-state index contributed by atoms with van der Waals surface area (Å²) in [4.78, 5) is 28.0. The fraction of sp³-hybridized carbons (Fsp3) is 0.625. The van der Waals surface area contributed by atoms with E-state index in [9.17, 15) is 14.7 Å². The number of benzene rings is 1. The van der Waals surface area contributed by atoms with Crippen LogP contribution in [0, 0.1) is 5.92 Å². The largest absolute Gasteiger partial charge is 0.495 e. The Morgan fingerprint density at radius 3 is 2.53 bits per heavy atom. The second-order valence-electron chi connectivity index (χ2n) is 13.0. The van der Waals surface area contributed by atoms with Gasteiger partial charge in [-0.1, -0.05) is 42.3 Å². The number of hydrogen-bond acceptors (Lipinski definition) is 8. The fourth-order valence-corrected chi connectivity index (χ4v) is 6.35. The van der Waals surface area contributed by atoms with Crippen molar-refractivity contribution < 1.29 is 38.4 Å². The van der Waals surface area contributed by atoms with E-state index in [1.807, 2.05) is 59.8 Å². The first kappa shape index (κ1) is 33.3. The number of carbonyl (C=O) groups is 2. The fourth-order valence-electron chi connectivity index (χ4n) is 6.03. The number of aliphatic hydroxyl groups is 1. The number of allylic oxidation sites excluding steroid dienone is 3. The first-order valence-corrected chi connectivity index (χ1v) is 15.0. The van der Waals surface area contributed by atoms with Crippen molar-refractivity contribution in [1.82, 2.24) is 5.32 Å². The molecular formula is C32H45ClN2O8. The van der Waals surface area contributed by atoms with Crippen LogP contribution in [0.2, 0.25) is 5.02 Å². The summed E-state index contributed by atoms with van der Waals surface area (Å²) in [6.07, 6.45) is 2.71. The number of rotatable bonds is 3. The Hall–Kier alpha value is -2.63. The molecular weight excluding hydrogens is 576 g/mol. The van der Waals surface area contributed by atoms with E-state index in [-0.39, 0.29) is 24.7 Å². The number of ether oxygens (including phenoxy) is 5. The first-order chi connectivity index (χ1) is 20.0. The molecule has 4 rings (SSSR count). The average Bonchev–Trinajstić information content (AvgIpc) is 3.61. The van der Waals surface area contributed by atoms with Gasteiger partial charge >= 0.3 is 6.09 Å². The molecule has 0 saturated carbocycles. The number of anilines is 1. The minimum Gasteiger partial charge on any atom is -0.495 e. The maximum atomic E-state index is 13.8. The van der Waals surface area contributed by atoms with Crippen LogP contribution in [-0.2, 0) is 30.2 Å². The van der Waals surface area contributed by atoms with E-state index in [2.05, 4.69) is 5.32 Å². The van der Waals surface area contributed by atoms with Gasteiger partial charge in [-0.2, -0.15) is 0 Å². The summed E-state index contributed by atoms with van der Waals surface area (Å²) in [5, 5.41) is 14.5. The number of halogens is 1. The Bertz CT molecular complexity index is 1290. The minimum absolute atomic E-state index is 0.0148. The number of amides is 2. The Kier molecular flexibility index (Phi) is 9.59.